The number of rotatable bonds is 3. The van der Waals surface area contributed by atoms with E-state index in [1.807, 2.05) is 13.0 Å². The molecule has 4 rings (SSSR count). The van der Waals surface area contributed by atoms with Crippen molar-refractivity contribution in [2.75, 3.05) is 19.7 Å². The van der Waals surface area contributed by atoms with Gasteiger partial charge >= 0.3 is 6.18 Å². The van der Waals surface area contributed by atoms with Crippen molar-refractivity contribution in [3.63, 3.8) is 0 Å². The minimum Gasteiger partial charge on any atom is -0.370 e. The fourth-order valence-electron chi connectivity index (χ4n) is 4.79. The number of aromatic amines is 1. The highest BCUT2D eigenvalue weighted by Gasteiger charge is 2.53. The highest BCUT2D eigenvalue weighted by molar-refractivity contribution is 5.80. The number of benzene rings is 1. The predicted molar refractivity (Wildman–Crippen MR) is 88.1 cm³/mol. The number of alkyl halides is 3. The number of nitrogens with one attached hydrogen (secondary N) is 2. The van der Waals surface area contributed by atoms with Crippen molar-refractivity contribution in [3.8, 4) is 0 Å². The smallest absolute Gasteiger partial charge is 0.370 e. The third kappa shape index (κ3) is 2.56. The Hall–Kier alpha value is -1.60. The summed E-state index contributed by atoms with van der Waals surface area (Å²) < 4.78 is 45.8. The van der Waals surface area contributed by atoms with E-state index in [-0.39, 0.29) is 11.8 Å². The molecule has 0 amide bonds. The minimum absolute atomic E-state index is 0.247. The summed E-state index contributed by atoms with van der Waals surface area (Å²) in [6.45, 7) is 4.12. The van der Waals surface area contributed by atoms with E-state index in [1.165, 1.54) is 0 Å². The molecule has 2 unspecified atom stereocenters. The van der Waals surface area contributed by atoms with Crippen LogP contribution in [0.25, 0.3) is 11.0 Å². The van der Waals surface area contributed by atoms with Gasteiger partial charge in [-0.25, -0.2) is 4.98 Å². The number of nitrogens with zero attached hydrogens (tertiary/aromatic N) is 1. The molecule has 2 bridgehead atoms. The summed E-state index contributed by atoms with van der Waals surface area (Å²) in [6.07, 6.45) is -1.33. The van der Waals surface area contributed by atoms with Crippen LogP contribution in [0.2, 0.25) is 0 Å². The van der Waals surface area contributed by atoms with E-state index in [1.54, 1.807) is 12.1 Å². The van der Waals surface area contributed by atoms with E-state index >= 15 is 0 Å². The van der Waals surface area contributed by atoms with Crippen LogP contribution >= 0.6 is 0 Å². The number of para-hydroxylation sites is 1. The summed E-state index contributed by atoms with van der Waals surface area (Å²) in [5.41, 5.74) is 1.05. The zero-order valence-electron chi connectivity index (χ0n) is 14.1. The Kier molecular flexibility index (Phi) is 4.03. The van der Waals surface area contributed by atoms with E-state index in [4.69, 9.17) is 4.74 Å². The number of piperidine rings is 1. The molecule has 1 saturated carbocycles. The third-order valence-corrected chi connectivity index (χ3v) is 5.68. The molecule has 2 N–H and O–H groups in total. The molecule has 4 nitrogen and oxygen atoms in total. The SMILES string of the molecule is CCOC1(c2cccc3[nH]c(C(F)(F)F)nc23)C2CCCC1CNC2. The van der Waals surface area contributed by atoms with Gasteiger partial charge in [0.05, 0.1) is 11.0 Å². The molecule has 136 valence electrons. The molecule has 0 radical (unpaired) electrons. The number of fused-ring (bicyclic) bond motifs is 3. The molecule has 2 atom stereocenters. The van der Waals surface area contributed by atoms with Crippen LogP contribution < -0.4 is 5.32 Å². The molecule has 7 heteroatoms. The summed E-state index contributed by atoms with van der Waals surface area (Å²) in [5.74, 6) is -0.450. The first kappa shape index (κ1) is 16.8. The van der Waals surface area contributed by atoms with Gasteiger partial charge in [-0.3, -0.25) is 0 Å². The lowest BCUT2D eigenvalue weighted by atomic mass is 9.62. The molecule has 25 heavy (non-hydrogen) atoms. The lowest BCUT2D eigenvalue weighted by Crippen LogP contribution is -2.58. The van der Waals surface area contributed by atoms with Crippen LogP contribution in [0.1, 0.15) is 37.6 Å². The highest BCUT2D eigenvalue weighted by atomic mass is 19.4. The van der Waals surface area contributed by atoms with Crippen molar-refractivity contribution in [2.45, 2.75) is 38.0 Å². The van der Waals surface area contributed by atoms with Gasteiger partial charge in [-0.05, 0) is 25.8 Å². The number of aromatic nitrogens is 2. The highest BCUT2D eigenvalue weighted by Crippen LogP contribution is 2.51. The Balaban J connectivity index is 1.92. The summed E-state index contributed by atoms with van der Waals surface area (Å²) in [7, 11) is 0. The van der Waals surface area contributed by atoms with E-state index in [0.717, 1.165) is 37.9 Å². The van der Waals surface area contributed by atoms with E-state index in [0.29, 0.717) is 17.6 Å². The van der Waals surface area contributed by atoms with Crippen molar-refractivity contribution >= 4 is 11.0 Å². The first-order valence-corrected chi connectivity index (χ1v) is 8.88. The maximum atomic E-state index is 13.1. The fourth-order valence-corrected chi connectivity index (χ4v) is 4.79. The van der Waals surface area contributed by atoms with Gasteiger partial charge in [0, 0.05) is 37.1 Å². The molecule has 1 aliphatic heterocycles. The second-order valence-corrected chi connectivity index (χ2v) is 6.99. The standard InChI is InChI=1S/C18H22F3N3O/c1-2-25-17(11-5-3-6-12(17)10-22-9-11)13-7-4-8-14-15(13)24-16(23-14)18(19,20)21/h4,7-8,11-12,22H,2-3,5-6,9-10H2,1H3,(H,23,24). The lowest BCUT2D eigenvalue weighted by molar-refractivity contribution is -0.160. The maximum Gasteiger partial charge on any atom is 0.449 e. The van der Waals surface area contributed by atoms with Crippen LogP contribution in [0.3, 0.4) is 0 Å². The van der Waals surface area contributed by atoms with Crippen molar-refractivity contribution in [2.24, 2.45) is 11.8 Å². The molecular weight excluding hydrogens is 331 g/mol. The van der Waals surface area contributed by atoms with Gasteiger partial charge in [0.1, 0.15) is 5.60 Å². The minimum atomic E-state index is -4.49. The Morgan fingerprint density at radius 3 is 2.60 bits per heavy atom. The van der Waals surface area contributed by atoms with Gasteiger partial charge in [-0.1, -0.05) is 18.6 Å². The van der Waals surface area contributed by atoms with E-state index in [9.17, 15) is 13.2 Å². The number of imidazole rings is 1. The summed E-state index contributed by atoms with van der Waals surface area (Å²) >= 11 is 0. The number of ether oxygens (including phenoxy) is 1. The number of hydrogen-bond acceptors (Lipinski definition) is 3. The molecule has 1 aliphatic carbocycles. The van der Waals surface area contributed by atoms with Gasteiger partial charge in [0.2, 0.25) is 5.82 Å². The molecule has 2 fully saturated rings. The first-order valence-electron chi connectivity index (χ1n) is 8.88. The van der Waals surface area contributed by atoms with Gasteiger partial charge in [0.15, 0.2) is 0 Å². The van der Waals surface area contributed by atoms with Crippen LogP contribution in [0, 0.1) is 11.8 Å². The van der Waals surface area contributed by atoms with Crippen LogP contribution in [0.5, 0.6) is 0 Å². The number of halogens is 3. The molecule has 2 aromatic rings. The average Bonchev–Trinajstić information content (AvgIpc) is 2.99. The van der Waals surface area contributed by atoms with Gasteiger partial charge in [0.25, 0.3) is 0 Å². The fraction of sp³-hybridized carbons (Fsp3) is 0.611. The normalized spacial score (nSPS) is 29.9. The van der Waals surface area contributed by atoms with Crippen LogP contribution in [-0.4, -0.2) is 29.7 Å². The van der Waals surface area contributed by atoms with Crippen molar-refractivity contribution in [1.82, 2.24) is 15.3 Å². The Labute approximate surface area is 144 Å². The molecule has 0 spiro atoms. The zero-order valence-corrected chi connectivity index (χ0v) is 14.1. The molecular formula is C18H22F3N3O. The molecule has 2 heterocycles. The average molecular weight is 353 g/mol. The topological polar surface area (TPSA) is 49.9 Å². The number of hydrogen-bond donors (Lipinski definition) is 2. The molecule has 2 aliphatic rings. The third-order valence-electron chi connectivity index (χ3n) is 5.68. The monoisotopic (exact) mass is 353 g/mol. The van der Waals surface area contributed by atoms with Gasteiger partial charge in [-0.2, -0.15) is 13.2 Å². The van der Waals surface area contributed by atoms with Gasteiger partial charge < -0.3 is 15.0 Å². The van der Waals surface area contributed by atoms with Crippen molar-refractivity contribution < 1.29 is 17.9 Å². The van der Waals surface area contributed by atoms with E-state index < -0.39 is 17.6 Å². The Morgan fingerprint density at radius 1 is 1.24 bits per heavy atom. The van der Waals surface area contributed by atoms with Crippen molar-refractivity contribution in [3.05, 3.63) is 29.6 Å². The Morgan fingerprint density at radius 2 is 1.96 bits per heavy atom. The summed E-state index contributed by atoms with van der Waals surface area (Å²) in [4.78, 5) is 6.37. The first-order chi connectivity index (χ1) is 12.0. The summed E-state index contributed by atoms with van der Waals surface area (Å²) in [5, 5.41) is 3.46. The van der Waals surface area contributed by atoms with Gasteiger partial charge in [-0.15, -0.1) is 0 Å². The number of H-pyrrole nitrogens is 1. The summed E-state index contributed by atoms with van der Waals surface area (Å²) in [6, 6.07) is 5.35. The van der Waals surface area contributed by atoms with Crippen LogP contribution in [-0.2, 0) is 16.5 Å². The van der Waals surface area contributed by atoms with Crippen LogP contribution in [0.15, 0.2) is 18.2 Å². The zero-order chi connectivity index (χ0) is 17.7. The lowest BCUT2D eigenvalue weighted by Gasteiger charge is -2.53. The van der Waals surface area contributed by atoms with E-state index in [2.05, 4.69) is 15.3 Å². The largest absolute Gasteiger partial charge is 0.449 e. The Bertz CT molecular complexity index is 749. The molecule has 1 aromatic carbocycles. The second-order valence-electron chi connectivity index (χ2n) is 6.99. The molecule has 1 saturated heterocycles. The molecule has 1 aromatic heterocycles. The predicted octanol–water partition coefficient (Wildman–Crippen LogP) is 3.83. The van der Waals surface area contributed by atoms with Crippen LogP contribution in [0.4, 0.5) is 13.2 Å². The van der Waals surface area contributed by atoms with Crippen molar-refractivity contribution in [1.29, 1.82) is 0 Å². The second kappa shape index (κ2) is 5.99. The maximum absolute atomic E-state index is 13.1. The quantitative estimate of drug-likeness (QED) is 0.882.